The van der Waals surface area contributed by atoms with E-state index in [2.05, 4.69) is 9.39 Å². The quantitative estimate of drug-likeness (QED) is 0.215. The number of benzene rings is 4. The molecule has 0 saturated heterocycles. The zero-order valence-corrected chi connectivity index (χ0v) is 23.6. The number of sulfonamides is 1. The molecule has 5 rings (SSSR count). The molecule has 0 saturated carbocycles. The lowest BCUT2D eigenvalue weighted by Crippen LogP contribution is -2.38. The molecular weight excluding hydrogens is 565 g/mol. The molecule has 4 aromatic carbocycles. The first kappa shape index (κ1) is 27.6. The Hall–Kier alpha value is -3.98. The van der Waals surface area contributed by atoms with Crippen LogP contribution in [0.4, 0.5) is 0 Å². The van der Waals surface area contributed by atoms with Crippen LogP contribution in [0.15, 0.2) is 129 Å². The van der Waals surface area contributed by atoms with Crippen LogP contribution in [0.2, 0.25) is 10.0 Å². The van der Waals surface area contributed by atoms with Crippen molar-refractivity contribution in [2.45, 2.75) is 17.4 Å². The van der Waals surface area contributed by atoms with Gasteiger partial charge in [0.25, 0.3) is 10.0 Å². The van der Waals surface area contributed by atoms with Gasteiger partial charge in [-0.3, -0.25) is 4.99 Å². The van der Waals surface area contributed by atoms with Crippen molar-refractivity contribution in [3.8, 4) is 0 Å². The number of nitrogens with zero attached hydrogens (tertiary/aromatic N) is 4. The third-order valence-corrected chi connectivity index (χ3v) is 8.11. The molecule has 1 aliphatic rings. The van der Waals surface area contributed by atoms with Gasteiger partial charge < -0.3 is 5.73 Å². The fourth-order valence-electron chi connectivity index (χ4n) is 4.29. The predicted molar refractivity (Wildman–Crippen MR) is 162 cm³/mol. The zero-order chi connectivity index (χ0) is 28.1. The Kier molecular flexibility index (Phi) is 8.30. The van der Waals surface area contributed by atoms with Crippen molar-refractivity contribution in [2.75, 3.05) is 6.54 Å². The summed E-state index contributed by atoms with van der Waals surface area (Å²) in [6.07, 6.45) is 0. The summed E-state index contributed by atoms with van der Waals surface area (Å²) in [5, 5.41) is 7.37. The highest BCUT2D eigenvalue weighted by atomic mass is 35.5. The number of aliphatic imine (C=N–C) groups is 1. The first-order chi connectivity index (χ1) is 19.3. The molecule has 1 heterocycles. The van der Waals surface area contributed by atoms with Gasteiger partial charge in [-0.05, 0) is 53.1 Å². The molecular formula is C30H25Cl2N5O2S. The van der Waals surface area contributed by atoms with E-state index in [0.29, 0.717) is 16.6 Å². The monoisotopic (exact) mass is 589 g/mol. The number of hydrogen-bond donors (Lipinski definition) is 1. The molecule has 2 N–H and O–H groups in total. The highest BCUT2D eigenvalue weighted by Gasteiger charge is 2.33. The molecule has 1 atom stereocenters. The van der Waals surface area contributed by atoms with Crippen LogP contribution >= 0.6 is 23.2 Å². The maximum absolute atomic E-state index is 13.4. The topological polar surface area (TPSA) is 100 Å². The molecule has 0 spiro atoms. The minimum atomic E-state index is -4.17. The number of hydrogen-bond acceptors (Lipinski definition) is 4. The summed E-state index contributed by atoms with van der Waals surface area (Å²) in [5.74, 6) is -0.294. The van der Waals surface area contributed by atoms with E-state index in [0.717, 1.165) is 22.4 Å². The van der Waals surface area contributed by atoms with Gasteiger partial charge in [-0.25, -0.2) is 5.01 Å². The number of amidine groups is 2. The Labute approximate surface area is 243 Å². The molecule has 1 aliphatic heterocycles. The molecule has 4 aromatic rings. The van der Waals surface area contributed by atoms with Gasteiger partial charge in [-0.15, -0.1) is 4.40 Å². The fourth-order valence-corrected chi connectivity index (χ4v) is 5.54. The first-order valence-corrected chi connectivity index (χ1v) is 14.6. The third kappa shape index (κ3) is 6.42. The van der Waals surface area contributed by atoms with Crippen molar-refractivity contribution in [2.24, 2.45) is 20.2 Å². The normalized spacial score (nSPS) is 16.2. The lowest BCUT2D eigenvalue weighted by atomic mass is 9.91. The van der Waals surface area contributed by atoms with E-state index in [1.165, 1.54) is 29.3 Å². The van der Waals surface area contributed by atoms with Crippen LogP contribution in [-0.4, -0.2) is 37.4 Å². The van der Waals surface area contributed by atoms with Crippen molar-refractivity contribution in [3.63, 3.8) is 0 Å². The average Bonchev–Trinajstić information content (AvgIpc) is 3.41. The van der Waals surface area contributed by atoms with Gasteiger partial charge in [0, 0.05) is 16.0 Å². The van der Waals surface area contributed by atoms with Crippen LogP contribution in [-0.2, 0) is 16.6 Å². The van der Waals surface area contributed by atoms with Gasteiger partial charge in [0.15, 0.2) is 5.84 Å². The van der Waals surface area contributed by atoms with Crippen LogP contribution < -0.4 is 5.73 Å². The first-order valence-electron chi connectivity index (χ1n) is 12.4. The molecule has 1 unspecified atom stereocenters. The molecule has 0 radical (unpaired) electrons. The van der Waals surface area contributed by atoms with Crippen molar-refractivity contribution >= 4 is 50.6 Å². The Morgan fingerprint density at radius 3 is 2.05 bits per heavy atom. The summed E-state index contributed by atoms with van der Waals surface area (Å²) >= 11 is 12.1. The standard InChI is InChI=1S/C30H25Cl2N5O2S/c31-24-13-11-23(12-14-24)28-27(22-9-5-2-6-10-22)20-37(35-28)30(29(33)34-19-21-7-3-1-4-8-21)36-40(38,39)26-17-15-25(32)16-18-26/h1-18,27H,19-20H2,(H2,33,34)/b36-30+. The van der Waals surface area contributed by atoms with E-state index >= 15 is 0 Å². The summed E-state index contributed by atoms with van der Waals surface area (Å²) in [6.45, 7) is 0.550. The summed E-state index contributed by atoms with van der Waals surface area (Å²) in [5.41, 5.74) is 9.96. The SMILES string of the molecule is NC(=NCc1ccccc1)/C(=N\S(=O)(=O)c1ccc(Cl)cc1)N1CC(c2ccccc2)C(c2ccc(Cl)cc2)=N1. The minimum Gasteiger partial charge on any atom is -0.381 e. The van der Waals surface area contributed by atoms with Gasteiger partial charge in [-0.2, -0.15) is 13.5 Å². The van der Waals surface area contributed by atoms with Gasteiger partial charge >= 0.3 is 0 Å². The maximum Gasteiger partial charge on any atom is 0.284 e. The van der Waals surface area contributed by atoms with Crippen molar-refractivity contribution in [3.05, 3.63) is 136 Å². The second kappa shape index (κ2) is 12.0. The van der Waals surface area contributed by atoms with E-state index in [4.69, 9.17) is 34.0 Å². The largest absolute Gasteiger partial charge is 0.381 e. The highest BCUT2D eigenvalue weighted by molar-refractivity contribution is 7.90. The second-order valence-electron chi connectivity index (χ2n) is 9.07. The van der Waals surface area contributed by atoms with E-state index in [9.17, 15) is 8.42 Å². The molecule has 10 heteroatoms. The van der Waals surface area contributed by atoms with Crippen LogP contribution in [0.25, 0.3) is 0 Å². The molecule has 40 heavy (non-hydrogen) atoms. The molecule has 0 bridgehead atoms. The van der Waals surface area contributed by atoms with Crippen LogP contribution in [0.3, 0.4) is 0 Å². The molecule has 0 fully saturated rings. The van der Waals surface area contributed by atoms with Crippen molar-refractivity contribution in [1.82, 2.24) is 5.01 Å². The van der Waals surface area contributed by atoms with Crippen LogP contribution in [0.1, 0.15) is 22.6 Å². The summed E-state index contributed by atoms with van der Waals surface area (Å²) in [7, 11) is -4.17. The summed E-state index contributed by atoms with van der Waals surface area (Å²) in [6, 6.07) is 32.5. The molecule has 202 valence electrons. The number of nitrogens with two attached hydrogens (primary N) is 1. The number of rotatable bonds is 6. The summed E-state index contributed by atoms with van der Waals surface area (Å²) < 4.78 is 31.0. The Bertz CT molecular complexity index is 1670. The Balaban J connectivity index is 1.60. The molecule has 0 aromatic heterocycles. The van der Waals surface area contributed by atoms with E-state index in [1.54, 1.807) is 12.1 Å². The van der Waals surface area contributed by atoms with Crippen LogP contribution in [0, 0.1) is 0 Å². The van der Waals surface area contributed by atoms with Crippen LogP contribution in [0.5, 0.6) is 0 Å². The average molecular weight is 591 g/mol. The van der Waals surface area contributed by atoms with E-state index < -0.39 is 10.0 Å². The smallest absolute Gasteiger partial charge is 0.284 e. The Morgan fingerprint density at radius 1 is 0.850 bits per heavy atom. The molecule has 0 amide bonds. The van der Waals surface area contributed by atoms with Gasteiger partial charge in [0.05, 0.1) is 23.7 Å². The zero-order valence-electron chi connectivity index (χ0n) is 21.2. The summed E-state index contributed by atoms with van der Waals surface area (Å²) in [4.78, 5) is 4.47. The lowest BCUT2D eigenvalue weighted by Gasteiger charge is -2.18. The maximum atomic E-state index is 13.4. The lowest BCUT2D eigenvalue weighted by molar-refractivity contribution is 0.480. The third-order valence-electron chi connectivity index (χ3n) is 6.32. The van der Waals surface area contributed by atoms with E-state index in [1.807, 2.05) is 72.8 Å². The van der Waals surface area contributed by atoms with Crippen molar-refractivity contribution in [1.29, 1.82) is 0 Å². The second-order valence-corrected chi connectivity index (χ2v) is 11.5. The van der Waals surface area contributed by atoms with Gasteiger partial charge in [0.2, 0.25) is 5.84 Å². The number of halogens is 2. The minimum absolute atomic E-state index is 0.0223. The predicted octanol–water partition coefficient (Wildman–Crippen LogP) is 6.14. The van der Waals surface area contributed by atoms with Gasteiger partial charge in [0.1, 0.15) is 0 Å². The fraction of sp³-hybridized carbons (Fsp3) is 0.100. The van der Waals surface area contributed by atoms with E-state index in [-0.39, 0.29) is 29.0 Å². The molecule has 7 nitrogen and oxygen atoms in total. The molecule has 0 aliphatic carbocycles. The number of hydrazone groups is 1. The van der Waals surface area contributed by atoms with Crippen molar-refractivity contribution < 1.29 is 8.42 Å². The Morgan fingerprint density at radius 2 is 1.43 bits per heavy atom. The highest BCUT2D eigenvalue weighted by Crippen LogP contribution is 2.30. The van der Waals surface area contributed by atoms with Gasteiger partial charge in [-0.1, -0.05) is 96.0 Å².